The van der Waals surface area contributed by atoms with Crippen LogP contribution in [0.25, 0.3) is 5.69 Å². The van der Waals surface area contributed by atoms with Crippen LogP contribution in [-0.4, -0.2) is 44.8 Å². The van der Waals surface area contributed by atoms with Gasteiger partial charge in [0.05, 0.1) is 11.4 Å². The maximum atomic E-state index is 11.7. The molecule has 1 aliphatic heterocycles. The zero-order valence-electron chi connectivity index (χ0n) is 16.9. The second kappa shape index (κ2) is 8.27. The van der Waals surface area contributed by atoms with Gasteiger partial charge in [-0.1, -0.05) is 6.07 Å². The summed E-state index contributed by atoms with van der Waals surface area (Å²) in [5, 5.41) is 18.2. The summed E-state index contributed by atoms with van der Waals surface area (Å²) in [6.07, 6.45) is 2.57. The van der Waals surface area contributed by atoms with E-state index >= 15 is 0 Å². The van der Waals surface area contributed by atoms with E-state index in [1.54, 1.807) is 11.5 Å². The van der Waals surface area contributed by atoms with Crippen molar-refractivity contribution < 1.29 is 14.6 Å². The van der Waals surface area contributed by atoms with Crippen molar-refractivity contribution in [2.45, 2.75) is 35.6 Å². The Balaban J connectivity index is 1.50. The van der Waals surface area contributed by atoms with Gasteiger partial charge < -0.3 is 14.7 Å². The molecule has 0 fully saturated rings. The van der Waals surface area contributed by atoms with Crippen LogP contribution in [0, 0.1) is 0 Å². The molecule has 0 saturated heterocycles. The number of ether oxygens (including phenoxy) is 1. The molecule has 1 N–H and O–H groups in total. The minimum Gasteiger partial charge on any atom is -0.480 e. The Morgan fingerprint density at radius 3 is 2.68 bits per heavy atom. The van der Waals surface area contributed by atoms with Gasteiger partial charge in [0.15, 0.2) is 16.7 Å². The molecule has 1 aliphatic rings. The molecule has 3 aromatic rings. The molecule has 0 radical (unpaired) electrons. The second-order valence-electron chi connectivity index (χ2n) is 7.44. The third-order valence-corrected chi connectivity index (χ3v) is 6.18. The molecule has 10 heteroatoms. The van der Waals surface area contributed by atoms with Crippen LogP contribution in [0.3, 0.4) is 0 Å². The lowest BCUT2D eigenvalue weighted by atomic mass is 9.86. The van der Waals surface area contributed by atoms with Crippen LogP contribution in [0.5, 0.6) is 5.75 Å². The minimum absolute atomic E-state index is 0.431. The van der Waals surface area contributed by atoms with E-state index in [1.165, 1.54) is 6.40 Å². The Kier molecular flexibility index (Phi) is 5.67. The highest BCUT2D eigenvalue weighted by atomic mass is 32.1. The fraction of sp³-hybridized carbons (Fsp3) is 0.238. The molecule has 160 valence electrons. The number of aliphatic carboxylic acids is 1. The van der Waals surface area contributed by atoms with Crippen molar-refractivity contribution in [2.75, 3.05) is 11.9 Å². The van der Waals surface area contributed by atoms with Crippen LogP contribution in [0.1, 0.15) is 18.9 Å². The van der Waals surface area contributed by atoms with Crippen molar-refractivity contribution in [3.63, 3.8) is 0 Å². The number of aliphatic imine (C=N–C) groups is 1. The SMILES string of the molecule is CN1c2ccc(O/C=N\c3cccc(-n4c(S)nnc4S)c3)cc2CCC1(C)C(=O)O. The summed E-state index contributed by atoms with van der Waals surface area (Å²) >= 11 is 8.58. The summed E-state index contributed by atoms with van der Waals surface area (Å²) in [6.45, 7) is 1.75. The van der Waals surface area contributed by atoms with Gasteiger partial charge in [0.25, 0.3) is 0 Å². The van der Waals surface area contributed by atoms with Crippen molar-refractivity contribution in [2.24, 2.45) is 4.99 Å². The lowest BCUT2D eigenvalue weighted by Crippen LogP contribution is -2.53. The average Bonchev–Trinajstić information content (AvgIpc) is 3.09. The fourth-order valence-corrected chi connectivity index (χ4v) is 4.17. The number of benzene rings is 2. The standard InChI is InChI=1S/C21H21N5O3S2/c1-21(18(27)28)9-8-13-10-16(6-7-17(13)25(21)2)29-12-22-14-4-3-5-15(11-14)26-19(30)23-24-20(26)31/h3-7,10-12H,8-9H2,1-2H3,(H,23,30)(H,24,31)(H,27,28)/b22-12-. The summed E-state index contributed by atoms with van der Waals surface area (Å²) in [5.74, 6) is -0.183. The first kappa shape index (κ1) is 21.3. The van der Waals surface area contributed by atoms with Crippen LogP contribution in [0.4, 0.5) is 11.4 Å². The quantitative estimate of drug-likeness (QED) is 0.308. The number of nitrogens with zero attached hydrogens (tertiary/aromatic N) is 5. The van der Waals surface area contributed by atoms with E-state index in [0.717, 1.165) is 16.9 Å². The number of aromatic nitrogens is 3. The summed E-state index contributed by atoms with van der Waals surface area (Å²) in [7, 11) is 1.81. The molecule has 1 atom stereocenters. The Labute approximate surface area is 190 Å². The van der Waals surface area contributed by atoms with Gasteiger partial charge in [-0.25, -0.2) is 9.79 Å². The first-order valence-corrected chi connectivity index (χ1v) is 10.4. The number of likely N-dealkylation sites (N-methyl/N-ethyl adjacent to an activating group) is 1. The smallest absolute Gasteiger partial charge is 0.329 e. The zero-order chi connectivity index (χ0) is 22.2. The van der Waals surface area contributed by atoms with Gasteiger partial charge in [0.2, 0.25) is 0 Å². The number of hydrogen-bond donors (Lipinski definition) is 3. The van der Waals surface area contributed by atoms with E-state index in [2.05, 4.69) is 40.4 Å². The molecular formula is C21H21N5O3S2. The number of hydrogen-bond acceptors (Lipinski definition) is 8. The molecule has 4 rings (SSSR count). The molecule has 0 saturated carbocycles. The van der Waals surface area contributed by atoms with Crippen molar-refractivity contribution in [3.8, 4) is 11.4 Å². The molecule has 8 nitrogen and oxygen atoms in total. The first-order valence-electron chi connectivity index (χ1n) is 9.53. The summed E-state index contributed by atoms with van der Waals surface area (Å²) in [6, 6.07) is 13.0. The number of carboxylic acids is 1. The normalized spacial score (nSPS) is 18.3. The molecule has 1 aromatic heterocycles. The average molecular weight is 456 g/mol. The second-order valence-corrected chi connectivity index (χ2v) is 8.24. The van der Waals surface area contributed by atoms with E-state index in [9.17, 15) is 9.90 Å². The molecule has 0 spiro atoms. The Hall–Kier alpha value is -2.98. The predicted octanol–water partition coefficient (Wildman–Crippen LogP) is 3.81. The van der Waals surface area contributed by atoms with Crippen molar-refractivity contribution >= 4 is 49.0 Å². The van der Waals surface area contributed by atoms with Crippen LogP contribution in [0.2, 0.25) is 0 Å². The number of carboxylic acid groups (broad SMARTS) is 1. The molecule has 0 bridgehead atoms. The van der Waals surface area contributed by atoms with Gasteiger partial charge in [-0.05, 0) is 61.7 Å². The monoisotopic (exact) mass is 455 g/mol. The van der Waals surface area contributed by atoms with Crippen molar-refractivity contribution in [1.82, 2.24) is 14.8 Å². The number of thiol groups is 2. The fourth-order valence-electron chi connectivity index (χ4n) is 3.58. The van der Waals surface area contributed by atoms with E-state index < -0.39 is 11.5 Å². The molecular weight excluding hydrogens is 434 g/mol. The highest BCUT2D eigenvalue weighted by Crippen LogP contribution is 2.37. The van der Waals surface area contributed by atoms with E-state index in [0.29, 0.717) is 34.6 Å². The first-order chi connectivity index (χ1) is 14.8. The number of fused-ring (bicyclic) bond motifs is 1. The Bertz CT molecular complexity index is 1160. The van der Waals surface area contributed by atoms with Gasteiger partial charge in [0, 0.05) is 12.7 Å². The number of aryl methyl sites for hydroxylation is 1. The summed E-state index contributed by atoms with van der Waals surface area (Å²) in [5.41, 5.74) is 2.50. The molecule has 31 heavy (non-hydrogen) atoms. The van der Waals surface area contributed by atoms with Crippen LogP contribution in [0.15, 0.2) is 57.8 Å². The molecule has 2 heterocycles. The topological polar surface area (TPSA) is 92.8 Å². The molecule has 2 aromatic carbocycles. The summed E-state index contributed by atoms with van der Waals surface area (Å²) < 4.78 is 7.39. The van der Waals surface area contributed by atoms with Gasteiger partial charge in [-0.2, -0.15) is 0 Å². The van der Waals surface area contributed by atoms with Crippen LogP contribution in [-0.2, 0) is 11.2 Å². The maximum absolute atomic E-state index is 11.7. The summed E-state index contributed by atoms with van der Waals surface area (Å²) in [4.78, 5) is 17.9. The molecule has 0 amide bonds. The van der Waals surface area contributed by atoms with Gasteiger partial charge in [-0.15, -0.1) is 35.5 Å². The third kappa shape index (κ3) is 4.00. The van der Waals surface area contributed by atoms with Crippen molar-refractivity contribution in [3.05, 3.63) is 48.0 Å². The van der Waals surface area contributed by atoms with E-state index in [4.69, 9.17) is 4.74 Å². The Morgan fingerprint density at radius 2 is 1.97 bits per heavy atom. The minimum atomic E-state index is -0.910. The Morgan fingerprint density at radius 1 is 1.23 bits per heavy atom. The number of carbonyl (C=O) groups is 1. The highest BCUT2D eigenvalue weighted by molar-refractivity contribution is 7.80. The van der Waals surface area contributed by atoms with Gasteiger partial charge >= 0.3 is 5.97 Å². The third-order valence-electron chi connectivity index (χ3n) is 5.60. The van der Waals surface area contributed by atoms with E-state index in [1.807, 2.05) is 54.4 Å². The van der Waals surface area contributed by atoms with Crippen LogP contribution >= 0.6 is 25.3 Å². The lowest BCUT2D eigenvalue weighted by molar-refractivity contribution is -0.143. The van der Waals surface area contributed by atoms with Crippen molar-refractivity contribution in [1.29, 1.82) is 0 Å². The largest absolute Gasteiger partial charge is 0.480 e. The predicted molar refractivity (Wildman–Crippen MR) is 124 cm³/mol. The van der Waals surface area contributed by atoms with Gasteiger partial charge in [0.1, 0.15) is 11.3 Å². The number of rotatable bonds is 5. The van der Waals surface area contributed by atoms with E-state index in [-0.39, 0.29) is 0 Å². The van der Waals surface area contributed by atoms with Crippen LogP contribution < -0.4 is 9.64 Å². The molecule has 0 aliphatic carbocycles. The van der Waals surface area contributed by atoms with Gasteiger partial charge in [-0.3, -0.25) is 4.57 Å². The lowest BCUT2D eigenvalue weighted by Gasteiger charge is -2.41. The highest BCUT2D eigenvalue weighted by Gasteiger charge is 2.41. The maximum Gasteiger partial charge on any atom is 0.329 e. The zero-order valence-corrected chi connectivity index (χ0v) is 18.7. The number of anilines is 1. The molecule has 1 unspecified atom stereocenters.